The maximum Gasteiger partial charge on any atom is 0.214 e. The van der Waals surface area contributed by atoms with Crippen LogP contribution >= 0.6 is 0 Å². The summed E-state index contributed by atoms with van der Waals surface area (Å²) in [7, 11) is 0. The Morgan fingerprint density at radius 1 is 0.786 bits per heavy atom. The Hall–Kier alpha value is -3.20. The highest BCUT2D eigenvalue weighted by molar-refractivity contribution is 6.13. The van der Waals surface area contributed by atoms with Crippen molar-refractivity contribution >= 4 is 17.9 Å². The summed E-state index contributed by atoms with van der Waals surface area (Å²) in [6.45, 7) is 0. The van der Waals surface area contributed by atoms with Crippen LogP contribution in [0.15, 0.2) is 84.9 Å². The Kier molecular flexibility index (Phi) is 5.07. The molecule has 4 rings (SSSR count). The lowest BCUT2D eigenvalue weighted by Crippen LogP contribution is -2.44. The maximum atomic E-state index is 13.2. The molecule has 0 aromatic heterocycles. The van der Waals surface area contributed by atoms with Crippen LogP contribution in [0.4, 0.5) is 5.69 Å². The van der Waals surface area contributed by atoms with E-state index in [9.17, 15) is 9.59 Å². The standard InChI is InChI=1S/C25H23NO2/c27-19-26(25(17-9-10-18-25)21-13-5-2-6-14-21)23-16-8-7-15-22(23)24(28)20-11-3-1-4-12-20/h1-8,11-16,19H,9-10,17-18H2. The molecule has 3 nitrogen and oxygen atoms in total. The zero-order chi connectivity index (χ0) is 19.4. The van der Waals surface area contributed by atoms with Gasteiger partial charge in [-0.2, -0.15) is 0 Å². The van der Waals surface area contributed by atoms with Gasteiger partial charge >= 0.3 is 0 Å². The molecule has 28 heavy (non-hydrogen) atoms. The molecular weight excluding hydrogens is 346 g/mol. The molecule has 0 heterocycles. The average Bonchev–Trinajstić information content (AvgIpc) is 3.26. The van der Waals surface area contributed by atoms with Crippen molar-refractivity contribution in [3.63, 3.8) is 0 Å². The molecule has 0 atom stereocenters. The second kappa shape index (κ2) is 7.81. The molecule has 0 N–H and O–H groups in total. The van der Waals surface area contributed by atoms with Crippen molar-refractivity contribution in [1.29, 1.82) is 0 Å². The number of amides is 1. The maximum absolute atomic E-state index is 13.2. The summed E-state index contributed by atoms with van der Waals surface area (Å²) in [6.07, 6.45) is 4.81. The number of carbonyl (C=O) groups excluding carboxylic acids is 2. The van der Waals surface area contributed by atoms with Crippen LogP contribution in [0.5, 0.6) is 0 Å². The van der Waals surface area contributed by atoms with E-state index in [4.69, 9.17) is 0 Å². The van der Waals surface area contributed by atoms with Gasteiger partial charge in [0.05, 0.1) is 11.2 Å². The van der Waals surface area contributed by atoms with Crippen LogP contribution in [0.25, 0.3) is 0 Å². The topological polar surface area (TPSA) is 37.4 Å². The fourth-order valence-corrected chi connectivity index (χ4v) is 4.39. The van der Waals surface area contributed by atoms with Crippen molar-refractivity contribution in [2.24, 2.45) is 0 Å². The minimum Gasteiger partial charge on any atom is -0.304 e. The predicted molar refractivity (Wildman–Crippen MR) is 111 cm³/mol. The van der Waals surface area contributed by atoms with Crippen LogP contribution < -0.4 is 4.90 Å². The van der Waals surface area contributed by atoms with E-state index in [0.29, 0.717) is 16.8 Å². The molecule has 0 saturated heterocycles. The number of benzene rings is 3. The highest BCUT2D eigenvalue weighted by Crippen LogP contribution is 2.46. The number of hydrogen-bond acceptors (Lipinski definition) is 2. The Labute approximate surface area is 165 Å². The van der Waals surface area contributed by atoms with E-state index in [2.05, 4.69) is 12.1 Å². The van der Waals surface area contributed by atoms with Gasteiger partial charge in [0.2, 0.25) is 6.41 Å². The van der Waals surface area contributed by atoms with E-state index in [1.54, 1.807) is 4.90 Å². The van der Waals surface area contributed by atoms with Gasteiger partial charge in [0.15, 0.2) is 5.78 Å². The summed E-state index contributed by atoms with van der Waals surface area (Å²) >= 11 is 0. The van der Waals surface area contributed by atoms with Gasteiger partial charge in [0.1, 0.15) is 0 Å². The first-order chi connectivity index (χ1) is 13.8. The fraction of sp³-hybridized carbons (Fsp3) is 0.200. The van der Waals surface area contributed by atoms with Crippen molar-refractivity contribution in [2.45, 2.75) is 31.2 Å². The summed E-state index contributed by atoms with van der Waals surface area (Å²) in [4.78, 5) is 27.4. The van der Waals surface area contributed by atoms with Crippen LogP contribution in [0, 0.1) is 0 Å². The summed E-state index contributed by atoms with van der Waals surface area (Å²) < 4.78 is 0. The van der Waals surface area contributed by atoms with Crippen LogP contribution in [-0.2, 0) is 10.3 Å². The lowest BCUT2D eigenvalue weighted by molar-refractivity contribution is -0.108. The SMILES string of the molecule is O=CN(c1ccccc1C(=O)c1ccccc1)C1(c2ccccc2)CCCC1. The predicted octanol–water partition coefficient (Wildman–Crippen LogP) is 5.35. The molecule has 1 amide bonds. The van der Waals surface area contributed by atoms with Crippen molar-refractivity contribution in [3.8, 4) is 0 Å². The number of ketones is 1. The third kappa shape index (κ3) is 3.13. The molecule has 1 aliphatic carbocycles. The molecule has 3 aromatic rings. The number of carbonyl (C=O) groups is 2. The van der Waals surface area contributed by atoms with E-state index in [1.165, 1.54) is 0 Å². The number of rotatable bonds is 6. The lowest BCUT2D eigenvalue weighted by Gasteiger charge is -2.40. The quantitative estimate of drug-likeness (QED) is 0.434. The number of anilines is 1. The van der Waals surface area contributed by atoms with Gasteiger partial charge in [-0.25, -0.2) is 0 Å². The molecule has 1 aliphatic rings. The van der Waals surface area contributed by atoms with Crippen LogP contribution in [0.1, 0.15) is 47.2 Å². The van der Waals surface area contributed by atoms with E-state index in [1.807, 2.05) is 72.8 Å². The molecule has 140 valence electrons. The molecule has 0 bridgehead atoms. The zero-order valence-corrected chi connectivity index (χ0v) is 15.8. The van der Waals surface area contributed by atoms with Gasteiger partial charge in [-0.1, -0.05) is 85.6 Å². The Morgan fingerprint density at radius 2 is 1.36 bits per heavy atom. The molecule has 1 fully saturated rings. The van der Waals surface area contributed by atoms with Crippen LogP contribution in [0.3, 0.4) is 0 Å². The summed E-state index contributed by atoms with van der Waals surface area (Å²) in [5.41, 5.74) is 2.58. The van der Waals surface area contributed by atoms with Gasteiger partial charge in [-0.15, -0.1) is 0 Å². The zero-order valence-electron chi connectivity index (χ0n) is 15.8. The summed E-state index contributed by atoms with van der Waals surface area (Å²) in [6, 6.07) is 26.9. The highest BCUT2D eigenvalue weighted by Gasteiger charge is 2.42. The van der Waals surface area contributed by atoms with Crippen LogP contribution in [0.2, 0.25) is 0 Å². The first kappa shape index (κ1) is 18.2. The first-order valence-corrected chi connectivity index (χ1v) is 9.75. The fourth-order valence-electron chi connectivity index (χ4n) is 4.39. The molecular formula is C25H23NO2. The summed E-state index contributed by atoms with van der Waals surface area (Å²) in [5.74, 6) is -0.0655. The molecule has 1 saturated carbocycles. The number of hydrogen-bond donors (Lipinski definition) is 0. The average molecular weight is 369 g/mol. The Morgan fingerprint density at radius 3 is 2.00 bits per heavy atom. The van der Waals surface area contributed by atoms with Gasteiger partial charge < -0.3 is 4.90 Å². The van der Waals surface area contributed by atoms with E-state index < -0.39 is 5.54 Å². The van der Waals surface area contributed by atoms with Crippen molar-refractivity contribution < 1.29 is 9.59 Å². The van der Waals surface area contributed by atoms with Gasteiger partial charge in [-0.05, 0) is 30.5 Å². The number of para-hydroxylation sites is 1. The largest absolute Gasteiger partial charge is 0.304 e. The third-order valence-corrected chi connectivity index (χ3v) is 5.75. The second-order valence-corrected chi connectivity index (χ2v) is 7.29. The minimum atomic E-state index is -0.407. The minimum absolute atomic E-state index is 0.0655. The van der Waals surface area contributed by atoms with Gasteiger partial charge in [-0.3, -0.25) is 9.59 Å². The molecule has 0 aliphatic heterocycles. The Bertz CT molecular complexity index is 960. The van der Waals surface area contributed by atoms with E-state index >= 15 is 0 Å². The third-order valence-electron chi connectivity index (χ3n) is 5.75. The normalized spacial score (nSPS) is 15.1. The molecule has 3 heteroatoms. The first-order valence-electron chi connectivity index (χ1n) is 9.75. The van der Waals surface area contributed by atoms with Gasteiger partial charge in [0, 0.05) is 11.1 Å². The van der Waals surface area contributed by atoms with Gasteiger partial charge in [0.25, 0.3) is 0 Å². The van der Waals surface area contributed by atoms with Crippen molar-refractivity contribution in [1.82, 2.24) is 0 Å². The number of nitrogens with zero attached hydrogens (tertiary/aromatic N) is 1. The van der Waals surface area contributed by atoms with Crippen molar-refractivity contribution in [2.75, 3.05) is 4.90 Å². The monoisotopic (exact) mass is 369 g/mol. The van der Waals surface area contributed by atoms with Crippen molar-refractivity contribution in [3.05, 3.63) is 102 Å². The second-order valence-electron chi connectivity index (χ2n) is 7.29. The lowest BCUT2D eigenvalue weighted by atomic mass is 9.85. The van der Waals surface area contributed by atoms with E-state index in [0.717, 1.165) is 37.7 Å². The summed E-state index contributed by atoms with van der Waals surface area (Å²) in [5, 5.41) is 0. The van der Waals surface area contributed by atoms with E-state index in [-0.39, 0.29) is 5.78 Å². The smallest absolute Gasteiger partial charge is 0.214 e. The molecule has 0 spiro atoms. The molecule has 0 unspecified atom stereocenters. The molecule has 3 aromatic carbocycles. The highest BCUT2D eigenvalue weighted by atomic mass is 16.1. The molecule has 0 radical (unpaired) electrons. The van der Waals surface area contributed by atoms with Crippen LogP contribution in [-0.4, -0.2) is 12.2 Å². The Balaban J connectivity index is 1.83.